The van der Waals surface area contributed by atoms with Crippen LogP contribution in [0.4, 0.5) is 10.1 Å². The van der Waals surface area contributed by atoms with E-state index in [1.165, 1.54) is 25.3 Å². The standard InChI is InChI=1S/C13H19FN2O2/c1-13(2,15)7-6-12(17)16-10-5-4-9(14)8-11(10)18-3/h4-5,8H,6-7,15H2,1-3H3,(H,16,17). The molecule has 1 aromatic carbocycles. The van der Waals surface area contributed by atoms with Crippen molar-refractivity contribution in [2.24, 2.45) is 5.73 Å². The van der Waals surface area contributed by atoms with E-state index in [9.17, 15) is 9.18 Å². The van der Waals surface area contributed by atoms with Gasteiger partial charge in [0.25, 0.3) is 0 Å². The number of hydrogen-bond donors (Lipinski definition) is 2. The number of benzene rings is 1. The fourth-order valence-electron chi connectivity index (χ4n) is 1.42. The first-order chi connectivity index (χ1) is 8.31. The number of hydrogen-bond acceptors (Lipinski definition) is 3. The van der Waals surface area contributed by atoms with Crippen molar-refractivity contribution in [2.75, 3.05) is 12.4 Å². The maximum atomic E-state index is 13.0. The van der Waals surface area contributed by atoms with Crippen LogP contribution in [-0.2, 0) is 4.79 Å². The van der Waals surface area contributed by atoms with Crippen molar-refractivity contribution < 1.29 is 13.9 Å². The van der Waals surface area contributed by atoms with E-state index in [2.05, 4.69) is 5.32 Å². The van der Waals surface area contributed by atoms with Gasteiger partial charge in [-0.15, -0.1) is 0 Å². The van der Waals surface area contributed by atoms with E-state index in [0.717, 1.165) is 0 Å². The van der Waals surface area contributed by atoms with Crippen LogP contribution >= 0.6 is 0 Å². The van der Waals surface area contributed by atoms with Crippen LogP contribution in [0.15, 0.2) is 18.2 Å². The zero-order chi connectivity index (χ0) is 13.8. The lowest BCUT2D eigenvalue weighted by atomic mass is 10.00. The number of nitrogens with one attached hydrogen (secondary N) is 1. The number of halogens is 1. The van der Waals surface area contributed by atoms with E-state index in [4.69, 9.17) is 10.5 Å². The predicted octanol–water partition coefficient (Wildman–Crippen LogP) is 2.29. The van der Waals surface area contributed by atoms with Crippen molar-refractivity contribution in [1.82, 2.24) is 0 Å². The van der Waals surface area contributed by atoms with Gasteiger partial charge in [0.2, 0.25) is 5.91 Å². The van der Waals surface area contributed by atoms with Gasteiger partial charge in [-0.1, -0.05) is 0 Å². The van der Waals surface area contributed by atoms with Gasteiger partial charge in [-0.2, -0.15) is 0 Å². The monoisotopic (exact) mass is 254 g/mol. The normalized spacial score (nSPS) is 11.2. The largest absolute Gasteiger partial charge is 0.494 e. The zero-order valence-corrected chi connectivity index (χ0v) is 10.9. The van der Waals surface area contributed by atoms with Crippen molar-refractivity contribution in [3.05, 3.63) is 24.0 Å². The molecule has 0 heterocycles. The summed E-state index contributed by atoms with van der Waals surface area (Å²) < 4.78 is 18.0. The number of ether oxygens (including phenoxy) is 1. The molecule has 5 heteroatoms. The first-order valence-corrected chi connectivity index (χ1v) is 5.74. The minimum absolute atomic E-state index is 0.168. The molecule has 1 aromatic rings. The van der Waals surface area contributed by atoms with Gasteiger partial charge in [0.05, 0.1) is 12.8 Å². The van der Waals surface area contributed by atoms with Gasteiger partial charge in [0, 0.05) is 18.0 Å². The lowest BCUT2D eigenvalue weighted by Gasteiger charge is -2.18. The average Bonchev–Trinajstić information content (AvgIpc) is 2.28. The molecule has 0 spiro atoms. The Hall–Kier alpha value is -1.62. The van der Waals surface area contributed by atoms with Crippen molar-refractivity contribution in [3.8, 4) is 5.75 Å². The zero-order valence-electron chi connectivity index (χ0n) is 10.9. The number of methoxy groups -OCH3 is 1. The van der Waals surface area contributed by atoms with Crippen molar-refractivity contribution in [1.29, 1.82) is 0 Å². The highest BCUT2D eigenvalue weighted by molar-refractivity contribution is 5.92. The van der Waals surface area contributed by atoms with Gasteiger partial charge >= 0.3 is 0 Å². The molecule has 1 amide bonds. The number of carbonyl (C=O) groups excluding carboxylic acids is 1. The van der Waals surface area contributed by atoms with E-state index in [1.807, 2.05) is 13.8 Å². The molecule has 0 saturated carbocycles. The second kappa shape index (κ2) is 5.82. The molecule has 0 fully saturated rings. The molecule has 0 aliphatic rings. The fraction of sp³-hybridized carbons (Fsp3) is 0.462. The topological polar surface area (TPSA) is 64.3 Å². The summed E-state index contributed by atoms with van der Waals surface area (Å²) in [5, 5.41) is 2.68. The third-order valence-corrected chi connectivity index (χ3v) is 2.43. The van der Waals surface area contributed by atoms with Gasteiger partial charge in [-0.3, -0.25) is 4.79 Å². The number of rotatable bonds is 5. The Labute approximate surface area is 106 Å². The Morgan fingerprint density at radius 1 is 1.50 bits per heavy atom. The van der Waals surface area contributed by atoms with Crippen LogP contribution < -0.4 is 15.8 Å². The Morgan fingerprint density at radius 2 is 2.17 bits per heavy atom. The quantitative estimate of drug-likeness (QED) is 0.847. The molecule has 0 aliphatic heterocycles. The molecule has 0 aromatic heterocycles. The van der Waals surface area contributed by atoms with Gasteiger partial charge in [-0.25, -0.2) is 4.39 Å². The van der Waals surface area contributed by atoms with Gasteiger partial charge in [0.15, 0.2) is 0 Å². The smallest absolute Gasteiger partial charge is 0.224 e. The highest BCUT2D eigenvalue weighted by atomic mass is 19.1. The summed E-state index contributed by atoms with van der Waals surface area (Å²) in [6.45, 7) is 3.72. The maximum absolute atomic E-state index is 13.0. The second-order valence-electron chi connectivity index (χ2n) is 4.88. The Morgan fingerprint density at radius 3 is 2.72 bits per heavy atom. The molecule has 0 saturated heterocycles. The molecule has 4 nitrogen and oxygen atoms in total. The molecule has 0 bridgehead atoms. The van der Waals surface area contributed by atoms with E-state index in [-0.39, 0.29) is 11.4 Å². The Bertz CT molecular complexity index is 427. The molecule has 3 N–H and O–H groups in total. The fourth-order valence-corrected chi connectivity index (χ4v) is 1.42. The number of nitrogens with two attached hydrogens (primary N) is 1. The molecular weight excluding hydrogens is 235 g/mol. The SMILES string of the molecule is COc1cc(F)ccc1NC(=O)CCC(C)(C)N. The summed E-state index contributed by atoms with van der Waals surface area (Å²) in [5.74, 6) is -0.276. The molecule has 0 aliphatic carbocycles. The summed E-state index contributed by atoms with van der Waals surface area (Å²) in [7, 11) is 1.42. The highest BCUT2D eigenvalue weighted by Gasteiger charge is 2.14. The lowest BCUT2D eigenvalue weighted by Crippen LogP contribution is -2.33. The van der Waals surface area contributed by atoms with Crippen LogP contribution in [0, 0.1) is 5.82 Å². The molecule has 18 heavy (non-hydrogen) atoms. The van der Waals surface area contributed by atoms with Crippen LogP contribution in [0.5, 0.6) is 5.75 Å². The van der Waals surface area contributed by atoms with Gasteiger partial charge < -0.3 is 15.8 Å². The molecule has 0 unspecified atom stereocenters. The number of amides is 1. The van der Waals surface area contributed by atoms with Crippen LogP contribution in [-0.4, -0.2) is 18.6 Å². The summed E-state index contributed by atoms with van der Waals surface area (Å²) >= 11 is 0. The highest BCUT2D eigenvalue weighted by Crippen LogP contribution is 2.25. The van der Waals surface area contributed by atoms with Crippen LogP contribution in [0.3, 0.4) is 0 Å². The van der Waals surface area contributed by atoms with Crippen LogP contribution in [0.1, 0.15) is 26.7 Å². The van der Waals surface area contributed by atoms with Crippen molar-refractivity contribution in [3.63, 3.8) is 0 Å². The predicted molar refractivity (Wildman–Crippen MR) is 69.1 cm³/mol. The third kappa shape index (κ3) is 4.71. The van der Waals surface area contributed by atoms with E-state index >= 15 is 0 Å². The van der Waals surface area contributed by atoms with Gasteiger partial charge in [0.1, 0.15) is 11.6 Å². The summed E-state index contributed by atoms with van der Waals surface area (Å²) in [5.41, 5.74) is 5.87. The Balaban J connectivity index is 2.64. The molecular formula is C13H19FN2O2. The lowest BCUT2D eigenvalue weighted by molar-refractivity contribution is -0.116. The number of anilines is 1. The summed E-state index contributed by atoms with van der Waals surface area (Å²) in [6.07, 6.45) is 0.881. The third-order valence-electron chi connectivity index (χ3n) is 2.43. The Kier molecular flexibility index (Phi) is 4.67. The van der Waals surface area contributed by atoms with Crippen LogP contribution in [0.2, 0.25) is 0 Å². The van der Waals surface area contributed by atoms with E-state index < -0.39 is 5.82 Å². The van der Waals surface area contributed by atoms with E-state index in [1.54, 1.807) is 0 Å². The average molecular weight is 254 g/mol. The molecule has 0 atom stereocenters. The first kappa shape index (κ1) is 14.4. The molecule has 100 valence electrons. The van der Waals surface area contributed by atoms with Gasteiger partial charge in [-0.05, 0) is 32.4 Å². The van der Waals surface area contributed by atoms with Crippen molar-refractivity contribution >= 4 is 11.6 Å². The molecule has 0 radical (unpaired) electrons. The summed E-state index contributed by atoms with van der Waals surface area (Å²) in [4.78, 5) is 11.7. The van der Waals surface area contributed by atoms with Crippen LogP contribution in [0.25, 0.3) is 0 Å². The summed E-state index contributed by atoms with van der Waals surface area (Å²) in [6, 6.07) is 3.97. The van der Waals surface area contributed by atoms with E-state index in [0.29, 0.717) is 24.3 Å². The molecule has 1 rings (SSSR count). The maximum Gasteiger partial charge on any atom is 0.224 e. The second-order valence-corrected chi connectivity index (χ2v) is 4.88. The number of carbonyl (C=O) groups is 1. The van der Waals surface area contributed by atoms with Crippen molar-refractivity contribution in [2.45, 2.75) is 32.2 Å². The minimum Gasteiger partial charge on any atom is -0.494 e. The minimum atomic E-state index is -0.409. The first-order valence-electron chi connectivity index (χ1n) is 5.74.